The zero-order valence-corrected chi connectivity index (χ0v) is 31.4. The molecular formula is C36H47Cl2N3O3Ru. The van der Waals surface area contributed by atoms with E-state index in [0.717, 1.165) is 34.4 Å². The minimum atomic E-state index is -3.87. The molecule has 0 radical (unpaired) electrons. The Bertz CT molecular complexity index is 1600. The topological polar surface area (TPSA) is 54.0 Å². The summed E-state index contributed by atoms with van der Waals surface area (Å²) in [6.07, 6.45) is -0.575. The Morgan fingerprint density at radius 2 is 1.33 bits per heavy atom. The standard InChI is InChI=1S/C21H26N2.C15H21NO3.2ClH.Ru/c1-14-9-16(3)20(17(4)10-14)22-7-8-23(13-22)21-18(5)11-15(2)12-19(21)6;1-10(2)9-18-15(17)16-13-6-7-14(12(5)8-13)19-11(3)4;;;/h9-12H,7-8H2,1-6H3;5-8,10-11H,9H2,1-4H3,(H,16,17);2*1H;/q;;;;+2/p-2. The van der Waals surface area contributed by atoms with Gasteiger partial charge in [-0.05, 0) is 0 Å². The number of benzene rings is 3. The van der Waals surface area contributed by atoms with Crippen LogP contribution in [0.25, 0.3) is 0 Å². The summed E-state index contributed by atoms with van der Waals surface area (Å²) in [7, 11) is 15.4. The van der Waals surface area contributed by atoms with Crippen LogP contribution in [0.2, 0.25) is 0 Å². The van der Waals surface area contributed by atoms with E-state index in [1.165, 1.54) is 33.4 Å². The van der Waals surface area contributed by atoms with Gasteiger partial charge in [-0.2, -0.15) is 0 Å². The molecule has 6 nitrogen and oxygen atoms in total. The molecule has 45 heavy (non-hydrogen) atoms. The van der Waals surface area contributed by atoms with Gasteiger partial charge in [0.2, 0.25) is 0 Å². The average molecular weight is 742 g/mol. The van der Waals surface area contributed by atoms with Crippen LogP contribution in [0.1, 0.15) is 66.6 Å². The van der Waals surface area contributed by atoms with Crippen LogP contribution >= 0.6 is 19.4 Å². The first-order valence-electron chi connectivity index (χ1n) is 15.4. The summed E-state index contributed by atoms with van der Waals surface area (Å²) in [6, 6.07) is 14.4. The van der Waals surface area contributed by atoms with Crippen molar-refractivity contribution in [2.75, 3.05) is 34.8 Å². The first-order chi connectivity index (χ1) is 21.1. The zero-order valence-electron chi connectivity index (χ0n) is 28.1. The third-order valence-electron chi connectivity index (χ3n) is 7.41. The summed E-state index contributed by atoms with van der Waals surface area (Å²) < 4.78 is 14.5. The number of carbonyl (C=O) groups is 1. The fourth-order valence-electron chi connectivity index (χ4n) is 6.03. The molecule has 3 aromatic rings. The molecule has 246 valence electrons. The molecule has 1 saturated heterocycles. The Labute approximate surface area is 279 Å². The van der Waals surface area contributed by atoms with E-state index in [9.17, 15) is 4.79 Å². The molecule has 9 heteroatoms. The SMILES string of the molecule is Cc1cc(C)c(N2CCN(c3c(C)cc(C)cc3C)[C]2=[Ru]([Cl])([Cl])=[CH]c2cc(NC(=O)OCC(C)C)ccc2OC(C)C)c(C)c1. The number of amides is 1. The van der Waals surface area contributed by atoms with E-state index >= 15 is 0 Å². The molecule has 0 bridgehead atoms. The van der Waals surface area contributed by atoms with Gasteiger partial charge in [-0.3, -0.25) is 0 Å². The molecule has 1 aliphatic heterocycles. The van der Waals surface area contributed by atoms with Crippen molar-refractivity contribution >= 4 is 51.5 Å². The van der Waals surface area contributed by atoms with Crippen molar-refractivity contribution in [3.05, 3.63) is 81.4 Å². The number of anilines is 3. The number of nitrogens with zero attached hydrogens (tertiary/aromatic N) is 2. The van der Waals surface area contributed by atoms with Gasteiger partial charge in [0.1, 0.15) is 0 Å². The van der Waals surface area contributed by atoms with Gasteiger partial charge in [0.05, 0.1) is 0 Å². The number of aryl methyl sites for hydroxylation is 6. The van der Waals surface area contributed by atoms with Gasteiger partial charge in [0, 0.05) is 0 Å². The molecule has 0 spiro atoms. The number of carbonyl (C=O) groups excluding carboxylic acids is 1. The van der Waals surface area contributed by atoms with Crippen LogP contribution in [-0.2, 0) is 16.6 Å². The Hall–Kier alpha value is -2.73. The average Bonchev–Trinajstić information content (AvgIpc) is 3.32. The summed E-state index contributed by atoms with van der Waals surface area (Å²) >= 11 is -3.87. The van der Waals surface area contributed by atoms with Gasteiger partial charge in [-0.25, -0.2) is 0 Å². The second-order valence-corrected chi connectivity index (χ2v) is 21.9. The Kier molecular flexibility index (Phi) is 11.2. The van der Waals surface area contributed by atoms with E-state index in [2.05, 4.69) is 80.9 Å². The molecule has 0 unspecified atom stereocenters. The molecule has 4 rings (SSSR count). The van der Waals surface area contributed by atoms with E-state index in [1.54, 1.807) is 6.07 Å². The predicted octanol–water partition coefficient (Wildman–Crippen LogP) is 9.25. The number of halogens is 2. The number of nitrogens with one attached hydrogen (secondary N) is 1. The van der Waals surface area contributed by atoms with Gasteiger partial charge >= 0.3 is 281 Å². The van der Waals surface area contributed by atoms with Crippen LogP contribution in [0, 0.1) is 47.5 Å². The van der Waals surface area contributed by atoms with Crippen LogP contribution in [-0.4, -0.2) is 40.9 Å². The first kappa shape index (κ1) is 35.1. The van der Waals surface area contributed by atoms with Crippen molar-refractivity contribution in [3.8, 4) is 5.75 Å². The fraction of sp³-hybridized carbons (Fsp3) is 0.417. The Morgan fingerprint density at radius 1 is 0.844 bits per heavy atom. The Morgan fingerprint density at radius 3 is 1.78 bits per heavy atom. The molecule has 1 fully saturated rings. The van der Waals surface area contributed by atoms with Crippen molar-refractivity contribution in [3.63, 3.8) is 0 Å². The van der Waals surface area contributed by atoms with Crippen LogP contribution < -0.4 is 19.9 Å². The molecule has 0 aromatic heterocycles. The molecule has 1 N–H and O–H groups in total. The monoisotopic (exact) mass is 741 g/mol. The van der Waals surface area contributed by atoms with Crippen LogP contribution in [0.15, 0.2) is 42.5 Å². The third kappa shape index (κ3) is 8.36. The molecule has 1 aliphatic rings. The van der Waals surface area contributed by atoms with E-state index < -0.39 is 18.0 Å². The van der Waals surface area contributed by atoms with Crippen molar-refractivity contribution in [1.82, 2.24) is 0 Å². The molecular weight excluding hydrogens is 694 g/mol. The van der Waals surface area contributed by atoms with Gasteiger partial charge in [-0.15, -0.1) is 0 Å². The summed E-state index contributed by atoms with van der Waals surface area (Å²) in [5.74, 6) is 0.887. The summed E-state index contributed by atoms with van der Waals surface area (Å²) in [4.78, 5) is 17.2. The van der Waals surface area contributed by atoms with Crippen LogP contribution in [0.5, 0.6) is 5.75 Å². The van der Waals surface area contributed by atoms with Gasteiger partial charge in [0.15, 0.2) is 0 Å². The third-order valence-corrected chi connectivity index (χ3v) is 12.9. The van der Waals surface area contributed by atoms with Gasteiger partial charge < -0.3 is 0 Å². The van der Waals surface area contributed by atoms with Crippen molar-refractivity contribution in [1.29, 1.82) is 0 Å². The molecule has 0 aliphatic carbocycles. The van der Waals surface area contributed by atoms with E-state index in [0.29, 0.717) is 18.0 Å². The summed E-state index contributed by atoms with van der Waals surface area (Å²) in [5, 5.41) is 2.85. The molecule has 3 aromatic carbocycles. The second-order valence-electron chi connectivity index (χ2n) is 12.6. The predicted molar refractivity (Wildman–Crippen MR) is 190 cm³/mol. The van der Waals surface area contributed by atoms with Crippen LogP contribution in [0.4, 0.5) is 21.9 Å². The van der Waals surface area contributed by atoms with Crippen molar-refractivity contribution in [2.45, 2.75) is 75.3 Å². The zero-order chi connectivity index (χ0) is 33.2. The van der Waals surface area contributed by atoms with Crippen molar-refractivity contribution < 1.29 is 26.2 Å². The van der Waals surface area contributed by atoms with Crippen LogP contribution in [0.3, 0.4) is 0 Å². The number of hydrogen-bond donors (Lipinski definition) is 1. The minimum absolute atomic E-state index is 0.0692. The van der Waals surface area contributed by atoms with E-state index in [1.807, 2.05) is 44.4 Å². The maximum absolute atomic E-state index is 12.5. The van der Waals surface area contributed by atoms with Gasteiger partial charge in [0.25, 0.3) is 0 Å². The Balaban J connectivity index is 1.98. The molecule has 0 saturated carbocycles. The molecule has 1 heterocycles. The van der Waals surface area contributed by atoms with Crippen molar-refractivity contribution in [2.24, 2.45) is 5.92 Å². The van der Waals surface area contributed by atoms with Gasteiger partial charge in [-0.1, -0.05) is 0 Å². The maximum atomic E-state index is 12.5. The second kappa shape index (κ2) is 14.4. The number of hydrogen-bond acceptors (Lipinski definition) is 5. The number of rotatable bonds is 8. The summed E-state index contributed by atoms with van der Waals surface area (Å²) in [5.41, 5.74) is 10.8. The van der Waals surface area contributed by atoms with E-state index in [4.69, 9.17) is 28.9 Å². The normalized spacial score (nSPS) is 14.0. The summed E-state index contributed by atoms with van der Waals surface area (Å²) in [6.45, 7) is 22.6. The fourth-order valence-corrected chi connectivity index (χ4v) is 12.0. The van der Waals surface area contributed by atoms with E-state index in [-0.39, 0.29) is 12.0 Å². The first-order valence-corrected chi connectivity index (χ1v) is 21.7. The quantitative estimate of drug-likeness (QED) is 0.234. The molecule has 0 atom stereocenters. The molecule has 1 amide bonds. The number of ether oxygens (including phenoxy) is 2.